The summed E-state index contributed by atoms with van der Waals surface area (Å²) in [5.74, 6) is 0.660. The largest absolute Gasteiger partial charge is 0.232 e. The Balaban J connectivity index is 2.40. The van der Waals surface area contributed by atoms with Gasteiger partial charge in [0.1, 0.15) is 5.15 Å². The molecule has 2 rings (SSSR count). The van der Waals surface area contributed by atoms with Crippen molar-refractivity contribution in [2.75, 3.05) is 0 Å². The topological polar surface area (TPSA) is 25.8 Å². The molecule has 0 aliphatic carbocycles. The molecule has 2 heterocycles. The quantitative estimate of drug-likeness (QED) is 0.771. The van der Waals surface area contributed by atoms with Crippen molar-refractivity contribution in [3.05, 3.63) is 33.4 Å². The van der Waals surface area contributed by atoms with Crippen LogP contribution in [0, 0.1) is 0 Å². The molecule has 0 spiro atoms. The zero-order valence-electron chi connectivity index (χ0n) is 8.70. The van der Waals surface area contributed by atoms with Crippen molar-refractivity contribution in [3.8, 4) is 10.7 Å². The molecule has 2 aromatic heterocycles. The third-order valence-corrected chi connectivity index (χ3v) is 3.51. The van der Waals surface area contributed by atoms with Crippen LogP contribution in [-0.4, -0.2) is 9.97 Å². The minimum absolute atomic E-state index is 0.484. The zero-order valence-corrected chi connectivity index (χ0v) is 11.0. The molecule has 2 nitrogen and oxygen atoms in total. The van der Waals surface area contributed by atoms with E-state index in [4.69, 9.17) is 23.2 Å². The van der Waals surface area contributed by atoms with Crippen LogP contribution >= 0.6 is 34.5 Å². The molecule has 0 saturated heterocycles. The summed E-state index contributed by atoms with van der Waals surface area (Å²) in [5.41, 5.74) is 0.974. The summed E-state index contributed by atoms with van der Waals surface area (Å²) in [6, 6.07) is 3.66. The van der Waals surface area contributed by atoms with Crippen LogP contribution in [0.1, 0.15) is 19.0 Å². The number of nitrogens with zero attached hydrogens (tertiary/aromatic N) is 2. The van der Waals surface area contributed by atoms with Gasteiger partial charge in [-0.1, -0.05) is 36.5 Å². The normalized spacial score (nSPS) is 10.7. The van der Waals surface area contributed by atoms with E-state index in [1.165, 1.54) is 11.3 Å². The summed E-state index contributed by atoms with van der Waals surface area (Å²) in [5, 5.41) is 3.05. The molecule has 5 heteroatoms. The third kappa shape index (κ3) is 2.73. The second-order valence-corrected chi connectivity index (χ2v) is 5.12. The van der Waals surface area contributed by atoms with Crippen molar-refractivity contribution < 1.29 is 0 Å². The molecule has 0 atom stereocenters. The summed E-state index contributed by atoms with van der Waals surface area (Å²) < 4.78 is 0. The molecular formula is C11H10Cl2N2S. The summed E-state index contributed by atoms with van der Waals surface area (Å²) in [6.45, 7) is 2.11. The molecule has 0 saturated carbocycles. The van der Waals surface area contributed by atoms with Gasteiger partial charge in [0.25, 0.3) is 0 Å². The van der Waals surface area contributed by atoms with E-state index in [-0.39, 0.29) is 0 Å². The Morgan fingerprint density at radius 1 is 1.25 bits per heavy atom. The maximum absolute atomic E-state index is 5.96. The molecule has 2 aromatic rings. The molecular weight excluding hydrogens is 263 g/mol. The minimum atomic E-state index is 0.484. The van der Waals surface area contributed by atoms with Crippen molar-refractivity contribution in [2.45, 2.75) is 19.8 Å². The highest BCUT2D eigenvalue weighted by Crippen LogP contribution is 2.28. The average Bonchev–Trinajstić information content (AvgIpc) is 2.64. The lowest BCUT2D eigenvalue weighted by Crippen LogP contribution is -1.94. The van der Waals surface area contributed by atoms with Crippen LogP contribution in [0.2, 0.25) is 10.2 Å². The first kappa shape index (κ1) is 11.8. The first-order chi connectivity index (χ1) is 7.69. The smallest absolute Gasteiger partial charge is 0.171 e. The monoisotopic (exact) mass is 272 g/mol. The molecule has 0 aliphatic heterocycles. The van der Waals surface area contributed by atoms with Gasteiger partial charge in [-0.15, -0.1) is 11.3 Å². The fourth-order valence-corrected chi connectivity index (χ4v) is 2.60. The van der Waals surface area contributed by atoms with E-state index in [1.54, 1.807) is 0 Å². The van der Waals surface area contributed by atoms with Gasteiger partial charge in [-0.05, 0) is 18.6 Å². The number of hydrogen-bond donors (Lipinski definition) is 0. The second-order valence-electron chi connectivity index (χ2n) is 3.38. The van der Waals surface area contributed by atoms with Crippen molar-refractivity contribution in [2.24, 2.45) is 0 Å². The number of hydrogen-bond acceptors (Lipinski definition) is 3. The molecule has 0 unspecified atom stereocenters. The van der Waals surface area contributed by atoms with Crippen molar-refractivity contribution in [3.63, 3.8) is 0 Å². The predicted molar refractivity (Wildman–Crippen MR) is 69.4 cm³/mol. The summed E-state index contributed by atoms with van der Waals surface area (Å²) in [7, 11) is 0. The Hall–Kier alpha value is -0.640. The zero-order chi connectivity index (χ0) is 11.5. The maximum atomic E-state index is 5.96. The summed E-state index contributed by atoms with van der Waals surface area (Å²) >= 11 is 13.4. The van der Waals surface area contributed by atoms with Crippen LogP contribution in [0.5, 0.6) is 0 Å². The van der Waals surface area contributed by atoms with E-state index in [2.05, 4.69) is 16.9 Å². The van der Waals surface area contributed by atoms with E-state index in [0.717, 1.165) is 23.4 Å². The first-order valence-electron chi connectivity index (χ1n) is 4.97. The molecule has 84 valence electrons. The van der Waals surface area contributed by atoms with Gasteiger partial charge in [0, 0.05) is 11.1 Å². The molecule has 0 aliphatic rings. The van der Waals surface area contributed by atoms with Crippen LogP contribution < -0.4 is 0 Å². The maximum Gasteiger partial charge on any atom is 0.171 e. The number of aromatic nitrogens is 2. The fourth-order valence-electron chi connectivity index (χ4n) is 1.39. The Labute approximate surface area is 108 Å². The van der Waals surface area contributed by atoms with Crippen LogP contribution in [0.3, 0.4) is 0 Å². The van der Waals surface area contributed by atoms with Crippen molar-refractivity contribution in [1.82, 2.24) is 9.97 Å². The van der Waals surface area contributed by atoms with Crippen LogP contribution in [-0.2, 0) is 6.42 Å². The Bertz CT molecular complexity index is 496. The number of thiophene rings is 1. The Morgan fingerprint density at radius 3 is 2.69 bits per heavy atom. The lowest BCUT2D eigenvalue weighted by molar-refractivity contribution is 0.876. The van der Waals surface area contributed by atoms with E-state index in [0.29, 0.717) is 16.0 Å². The Morgan fingerprint density at radius 2 is 2.06 bits per heavy atom. The molecule has 0 aromatic carbocycles. The van der Waals surface area contributed by atoms with Crippen LogP contribution in [0.4, 0.5) is 0 Å². The lowest BCUT2D eigenvalue weighted by atomic mass is 10.2. The van der Waals surface area contributed by atoms with E-state index in [1.807, 2.05) is 17.5 Å². The molecule has 0 bridgehead atoms. The van der Waals surface area contributed by atoms with E-state index in [9.17, 15) is 0 Å². The number of aryl methyl sites for hydroxylation is 1. The van der Waals surface area contributed by atoms with Crippen molar-refractivity contribution in [1.29, 1.82) is 0 Å². The highest BCUT2D eigenvalue weighted by Gasteiger charge is 2.07. The molecule has 0 amide bonds. The SMILES string of the molecule is CCCc1cc(Cl)nc(-c2cc(Cl)cs2)n1. The molecule has 16 heavy (non-hydrogen) atoms. The van der Waals surface area contributed by atoms with Gasteiger partial charge in [-0.3, -0.25) is 0 Å². The molecule has 0 radical (unpaired) electrons. The average molecular weight is 273 g/mol. The lowest BCUT2D eigenvalue weighted by Gasteiger charge is -2.02. The highest BCUT2D eigenvalue weighted by atomic mass is 35.5. The van der Waals surface area contributed by atoms with Gasteiger partial charge >= 0.3 is 0 Å². The van der Waals surface area contributed by atoms with Gasteiger partial charge in [-0.2, -0.15) is 0 Å². The van der Waals surface area contributed by atoms with E-state index >= 15 is 0 Å². The minimum Gasteiger partial charge on any atom is -0.232 e. The van der Waals surface area contributed by atoms with Crippen LogP contribution in [0.15, 0.2) is 17.5 Å². The summed E-state index contributed by atoms with van der Waals surface area (Å²) in [6.07, 6.45) is 1.95. The summed E-state index contributed by atoms with van der Waals surface area (Å²) in [4.78, 5) is 9.62. The van der Waals surface area contributed by atoms with Gasteiger partial charge < -0.3 is 0 Å². The van der Waals surface area contributed by atoms with Gasteiger partial charge in [0.15, 0.2) is 5.82 Å². The number of rotatable bonds is 3. The van der Waals surface area contributed by atoms with Gasteiger partial charge in [-0.25, -0.2) is 9.97 Å². The predicted octanol–water partition coefficient (Wildman–Crippen LogP) is 4.46. The van der Waals surface area contributed by atoms with Gasteiger partial charge in [0.05, 0.1) is 9.90 Å². The fraction of sp³-hybridized carbons (Fsp3) is 0.273. The standard InChI is InChI=1S/C11H10Cl2N2S/c1-2-3-8-5-10(13)15-11(14-8)9-4-7(12)6-16-9/h4-6H,2-3H2,1H3. The first-order valence-corrected chi connectivity index (χ1v) is 6.60. The van der Waals surface area contributed by atoms with Crippen molar-refractivity contribution >= 4 is 34.5 Å². The van der Waals surface area contributed by atoms with Gasteiger partial charge in [0.2, 0.25) is 0 Å². The van der Waals surface area contributed by atoms with E-state index < -0.39 is 0 Å². The number of halogens is 2. The molecule has 0 N–H and O–H groups in total. The Kier molecular flexibility index (Phi) is 3.79. The highest BCUT2D eigenvalue weighted by molar-refractivity contribution is 7.14. The molecule has 0 fully saturated rings. The second kappa shape index (κ2) is 5.13. The van der Waals surface area contributed by atoms with Crippen LogP contribution in [0.25, 0.3) is 10.7 Å². The third-order valence-electron chi connectivity index (χ3n) is 2.04.